The van der Waals surface area contributed by atoms with Crippen molar-refractivity contribution in [3.8, 4) is 5.75 Å². The molecule has 2 aromatic carbocycles. The molecule has 0 N–H and O–H groups in total. The van der Waals surface area contributed by atoms with Gasteiger partial charge >= 0.3 is 0 Å². The molecule has 1 unspecified atom stereocenters. The van der Waals surface area contributed by atoms with E-state index in [2.05, 4.69) is 0 Å². The summed E-state index contributed by atoms with van der Waals surface area (Å²) in [5, 5.41) is 0.948. The molecule has 1 saturated heterocycles. The van der Waals surface area contributed by atoms with Gasteiger partial charge in [-0.25, -0.2) is 0 Å². The van der Waals surface area contributed by atoms with Crippen LogP contribution < -0.4 is 4.74 Å². The lowest BCUT2D eigenvalue weighted by atomic mass is 10.1. The molecule has 3 aromatic rings. The molecule has 150 valence electrons. The molecule has 1 atom stereocenters. The summed E-state index contributed by atoms with van der Waals surface area (Å²) in [5.74, 6) is 1.35. The maximum atomic E-state index is 12.5. The molecule has 29 heavy (non-hydrogen) atoms. The van der Waals surface area contributed by atoms with Crippen molar-refractivity contribution in [2.45, 2.75) is 20.0 Å². The summed E-state index contributed by atoms with van der Waals surface area (Å²) in [6.07, 6.45) is 1.53. The number of carbonyl (C=O) groups excluding carboxylic acids is 1. The van der Waals surface area contributed by atoms with Crippen LogP contribution in [0.4, 0.5) is 0 Å². The van der Waals surface area contributed by atoms with E-state index in [4.69, 9.17) is 13.9 Å². The molecule has 1 fully saturated rings. The van der Waals surface area contributed by atoms with Crippen LogP contribution in [0.5, 0.6) is 5.75 Å². The van der Waals surface area contributed by atoms with E-state index in [-0.39, 0.29) is 12.0 Å². The van der Waals surface area contributed by atoms with Crippen molar-refractivity contribution >= 4 is 22.4 Å². The van der Waals surface area contributed by atoms with Crippen molar-refractivity contribution in [2.75, 3.05) is 26.3 Å². The Kier molecular flexibility index (Phi) is 5.67. The Hall–Kier alpha value is -3.05. The Balaban J connectivity index is 1.57. The molecule has 1 aliphatic heterocycles. The number of allylic oxidation sites excluding steroid dienone is 1. The van der Waals surface area contributed by atoms with E-state index < -0.39 is 0 Å². The number of furan rings is 1. The standard InChI is InChI=1S/C24H25NO4/c1-17(15-23(26)25-11-13-27-14-12-25)22-16-20-9-6-10-21(24(20)29-22)28-18(2)19-7-4-3-5-8-19/h3-10,15-16,18H,11-14H2,1-2H3/b17-15+. The van der Waals surface area contributed by atoms with Gasteiger partial charge in [-0.3, -0.25) is 4.79 Å². The van der Waals surface area contributed by atoms with Gasteiger partial charge in [-0.05, 0) is 37.1 Å². The lowest BCUT2D eigenvalue weighted by molar-refractivity contribution is -0.129. The Bertz CT molecular complexity index is 1020. The lowest BCUT2D eigenvalue weighted by Gasteiger charge is -2.25. The van der Waals surface area contributed by atoms with Gasteiger partial charge in [0.05, 0.1) is 13.2 Å². The zero-order chi connectivity index (χ0) is 20.2. The van der Waals surface area contributed by atoms with E-state index in [9.17, 15) is 4.79 Å². The number of hydrogen-bond donors (Lipinski definition) is 0. The Morgan fingerprint density at radius 2 is 1.86 bits per heavy atom. The van der Waals surface area contributed by atoms with E-state index in [1.54, 1.807) is 11.0 Å². The minimum absolute atomic E-state index is 0.0135. The maximum absolute atomic E-state index is 12.5. The number of rotatable bonds is 5. The first-order chi connectivity index (χ1) is 14.1. The third kappa shape index (κ3) is 4.35. The van der Waals surface area contributed by atoms with Gasteiger partial charge in [0.2, 0.25) is 5.91 Å². The van der Waals surface area contributed by atoms with Crippen LogP contribution in [0.15, 0.2) is 65.1 Å². The van der Waals surface area contributed by atoms with Crippen molar-refractivity contribution < 1.29 is 18.7 Å². The molecule has 5 nitrogen and oxygen atoms in total. The SMILES string of the molecule is C/C(=C\C(=O)N1CCOCC1)c1cc2cccc(OC(C)c3ccccc3)c2o1. The van der Waals surface area contributed by atoms with E-state index in [0.29, 0.717) is 43.4 Å². The highest BCUT2D eigenvalue weighted by molar-refractivity contribution is 5.96. The van der Waals surface area contributed by atoms with Gasteiger partial charge in [0.15, 0.2) is 11.3 Å². The zero-order valence-electron chi connectivity index (χ0n) is 16.8. The van der Waals surface area contributed by atoms with Gasteiger partial charge in [-0.15, -0.1) is 0 Å². The number of nitrogens with zero attached hydrogens (tertiary/aromatic N) is 1. The molecular weight excluding hydrogens is 366 g/mol. The van der Waals surface area contributed by atoms with Crippen LogP contribution in [0, 0.1) is 0 Å². The summed E-state index contributed by atoms with van der Waals surface area (Å²) in [6.45, 7) is 6.33. The highest BCUT2D eigenvalue weighted by Gasteiger charge is 2.17. The fourth-order valence-corrected chi connectivity index (χ4v) is 3.44. The van der Waals surface area contributed by atoms with E-state index in [1.807, 2.05) is 68.4 Å². The molecule has 0 spiro atoms. The number of hydrogen-bond acceptors (Lipinski definition) is 4. The van der Waals surface area contributed by atoms with Crippen molar-refractivity contribution in [1.29, 1.82) is 0 Å². The molecule has 5 heteroatoms. The first kappa shape index (κ1) is 19.3. The summed E-state index contributed by atoms with van der Waals surface area (Å²) < 4.78 is 17.6. The molecule has 0 aliphatic carbocycles. The van der Waals surface area contributed by atoms with Crippen LogP contribution in [-0.2, 0) is 9.53 Å². The Morgan fingerprint density at radius 3 is 2.62 bits per heavy atom. The lowest BCUT2D eigenvalue weighted by Crippen LogP contribution is -2.39. The van der Waals surface area contributed by atoms with Gasteiger partial charge in [0.1, 0.15) is 11.9 Å². The van der Waals surface area contributed by atoms with Crippen molar-refractivity contribution in [2.24, 2.45) is 0 Å². The first-order valence-corrected chi connectivity index (χ1v) is 9.91. The third-order valence-electron chi connectivity index (χ3n) is 5.13. The molecule has 4 rings (SSSR count). The minimum Gasteiger partial charge on any atom is -0.482 e. The van der Waals surface area contributed by atoms with Gasteiger partial charge in [0, 0.05) is 24.6 Å². The number of benzene rings is 2. The number of morpholine rings is 1. The summed E-state index contributed by atoms with van der Waals surface area (Å²) >= 11 is 0. The average molecular weight is 391 g/mol. The number of para-hydroxylation sites is 1. The zero-order valence-corrected chi connectivity index (χ0v) is 16.8. The predicted octanol–water partition coefficient (Wildman–Crippen LogP) is 4.83. The normalized spacial score (nSPS) is 16.1. The average Bonchev–Trinajstić information content (AvgIpc) is 3.20. The largest absolute Gasteiger partial charge is 0.482 e. The molecular formula is C24H25NO4. The second-order valence-electron chi connectivity index (χ2n) is 7.22. The number of carbonyl (C=O) groups is 1. The van der Waals surface area contributed by atoms with Gasteiger partial charge in [0.25, 0.3) is 0 Å². The third-order valence-corrected chi connectivity index (χ3v) is 5.13. The smallest absolute Gasteiger partial charge is 0.247 e. The molecule has 0 saturated carbocycles. The van der Waals surface area contributed by atoms with Crippen LogP contribution in [0.1, 0.15) is 31.3 Å². The van der Waals surface area contributed by atoms with Crippen molar-refractivity contribution in [3.63, 3.8) is 0 Å². The fourth-order valence-electron chi connectivity index (χ4n) is 3.44. The minimum atomic E-state index is -0.102. The second kappa shape index (κ2) is 8.53. The van der Waals surface area contributed by atoms with Gasteiger partial charge < -0.3 is 18.8 Å². The predicted molar refractivity (Wildman–Crippen MR) is 113 cm³/mol. The van der Waals surface area contributed by atoms with Crippen molar-refractivity contribution in [1.82, 2.24) is 4.90 Å². The van der Waals surface area contributed by atoms with Crippen molar-refractivity contribution in [3.05, 3.63) is 72.0 Å². The fraction of sp³-hybridized carbons (Fsp3) is 0.292. The van der Waals surface area contributed by atoms with Crippen LogP contribution in [0.25, 0.3) is 16.5 Å². The highest BCUT2D eigenvalue weighted by Crippen LogP contribution is 2.34. The monoisotopic (exact) mass is 391 g/mol. The van der Waals surface area contributed by atoms with E-state index in [0.717, 1.165) is 16.5 Å². The summed E-state index contributed by atoms with van der Waals surface area (Å²) in [4.78, 5) is 14.3. The molecule has 1 aliphatic rings. The van der Waals surface area contributed by atoms with E-state index >= 15 is 0 Å². The summed E-state index contributed by atoms with van der Waals surface area (Å²) in [6, 6.07) is 17.9. The highest BCUT2D eigenvalue weighted by atomic mass is 16.5. The summed E-state index contributed by atoms with van der Waals surface area (Å²) in [7, 11) is 0. The number of amides is 1. The Morgan fingerprint density at radius 1 is 1.10 bits per heavy atom. The molecule has 1 amide bonds. The van der Waals surface area contributed by atoms with Crippen LogP contribution >= 0.6 is 0 Å². The molecule has 1 aromatic heterocycles. The molecule has 0 radical (unpaired) electrons. The first-order valence-electron chi connectivity index (χ1n) is 9.91. The second-order valence-corrected chi connectivity index (χ2v) is 7.22. The van der Waals surface area contributed by atoms with Gasteiger partial charge in [-0.1, -0.05) is 42.5 Å². The topological polar surface area (TPSA) is 51.9 Å². The molecule has 0 bridgehead atoms. The quantitative estimate of drug-likeness (QED) is 0.584. The molecule has 2 heterocycles. The van der Waals surface area contributed by atoms with Gasteiger partial charge in [-0.2, -0.15) is 0 Å². The van der Waals surface area contributed by atoms with Crippen LogP contribution in [0.2, 0.25) is 0 Å². The maximum Gasteiger partial charge on any atom is 0.247 e. The number of fused-ring (bicyclic) bond motifs is 1. The van der Waals surface area contributed by atoms with Crippen LogP contribution in [0.3, 0.4) is 0 Å². The number of ether oxygens (including phenoxy) is 2. The summed E-state index contributed by atoms with van der Waals surface area (Å²) in [5.41, 5.74) is 2.58. The van der Waals surface area contributed by atoms with E-state index in [1.165, 1.54) is 0 Å². The van der Waals surface area contributed by atoms with Crippen LogP contribution in [-0.4, -0.2) is 37.1 Å². The Labute approximate surface area is 170 Å².